The van der Waals surface area contributed by atoms with E-state index in [0.717, 1.165) is 0 Å². The van der Waals surface area contributed by atoms with Crippen molar-refractivity contribution >= 4 is 17.7 Å². The fourth-order valence-corrected chi connectivity index (χ4v) is 2.27. The van der Waals surface area contributed by atoms with Crippen LogP contribution in [0.1, 0.15) is 10.4 Å². The SMILES string of the molecule is O=C(NCC1CN(c2ccc(F)cc2)C(=O)O1)c1ccncc1. The van der Waals surface area contributed by atoms with Crippen LogP contribution in [0.2, 0.25) is 0 Å². The topological polar surface area (TPSA) is 71.5 Å². The summed E-state index contributed by atoms with van der Waals surface area (Å²) in [5.41, 5.74) is 1.04. The molecule has 1 saturated heterocycles. The third-order valence-corrected chi connectivity index (χ3v) is 3.45. The van der Waals surface area contributed by atoms with Gasteiger partial charge in [-0.2, -0.15) is 0 Å². The van der Waals surface area contributed by atoms with Crippen LogP contribution >= 0.6 is 0 Å². The van der Waals surface area contributed by atoms with Gasteiger partial charge in [-0.25, -0.2) is 9.18 Å². The number of benzene rings is 1. The minimum Gasteiger partial charge on any atom is -0.442 e. The molecule has 1 aromatic heterocycles. The summed E-state index contributed by atoms with van der Waals surface area (Å²) in [6.45, 7) is 0.492. The quantitative estimate of drug-likeness (QED) is 0.936. The van der Waals surface area contributed by atoms with Crippen LogP contribution in [0.15, 0.2) is 48.8 Å². The summed E-state index contributed by atoms with van der Waals surface area (Å²) in [5.74, 6) is -0.633. The summed E-state index contributed by atoms with van der Waals surface area (Å²) in [4.78, 5) is 29.1. The monoisotopic (exact) mass is 315 g/mol. The van der Waals surface area contributed by atoms with Crippen molar-refractivity contribution in [2.75, 3.05) is 18.0 Å². The Labute approximate surface area is 131 Å². The number of halogens is 1. The summed E-state index contributed by atoms with van der Waals surface area (Å²) in [6, 6.07) is 8.77. The summed E-state index contributed by atoms with van der Waals surface area (Å²) >= 11 is 0. The van der Waals surface area contributed by atoms with Crippen molar-refractivity contribution in [2.24, 2.45) is 0 Å². The standard InChI is InChI=1S/C16H14FN3O3/c17-12-1-3-13(4-2-12)20-10-14(23-16(20)22)9-19-15(21)11-5-7-18-8-6-11/h1-8,14H,9-10H2,(H,19,21). The van der Waals surface area contributed by atoms with Crippen LogP contribution in [0.5, 0.6) is 0 Å². The molecule has 118 valence electrons. The number of amides is 2. The molecule has 2 amide bonds. The number of hydrogen-bond donors (Lipinski definition) is 1. The van der Waals surface area contributed by atoms with E-state index in [1.807, 2.05) is 0 Å². The second kappa shape index (κ2) is 6.43. The third kappa shape index (κ3) is 3.45. The van der Waals surface area contributed by atoms with Crippen LogP contribution in [0.3, 0.4) is 0 Å². The number of pyridine rings is 1. The lowest BCUT2D eigenvalue weighted by atomic mass is 10.2. The molecule has 3 rings (SSSR count). The zero-order chi connectivity index (χ0) is 16.2. The predicted octanol–water partition coefficient (Wildman–Crippen LogP) is 1.98. The van der Waals surface area contributed by atoms with Gasteiger partial charge in [-0.05, 0) is 36.4 Å². The lowest BCUT2D eigenvalue weighted by Crippen LogP contribution is -2.34. The largest absolute Gasteiger partial charge is 0.442 e. The molecule has 1 unspecified atom stereocenters. The van der Waals surface area contributed by atoms with Crippen LogP contribution in [-0.4, -0.2) is 36.2 Å². The molecule has 2 heterocycles. The minimum absolute atomic E-state index is 0.199. The molecule has 1 aliphatic heterocycles. The van der Waals surface area contributed by atoms with E-state index < -0.39 is 12.2 Å². The van der Waals surface area contributed by atoms with Crippen molar-refractivity contribution in [3.8, 4) is 0 Å². The number of anilines is 1. The van der Waals surface area contributed by atoms with Gasteiger partial charge in [0.1, 0.15) is 11.9 Å². The first kappa shape index (κ1) is 15.0. The molecule has 1 aliphatic rings. The van der Waals surface area contributed by atoms with Gasteiger partial charge in [0.2, 0.25) is 0 Å². The zero-order valence-electron chi connectivity index (χ0n) is 12.1. The Morgan fingerprint density at radius 3 is 2.65 bits per heavy atom. The number of hydrogen-bond acceptors (Lipinski definition) is 4. The Morgan fingerprint density at radius 2 is 1.96 bits per heavy atom. The van der Waals surface area contributed by atoms with Gasteiger partial charge in [0.05, 0.1) is 13.1 Å². The maximum atomic E-state index is 12.9. The van der Waals surface area contributed by atoms with Crippen molar-refractivity contribution in [3.63, 3.8) is 0 Å². The fourth-order valence-electron chi connectivity index (χ4n) is 2.27. The fraction of sp³-hybridized carbons (Fsp3) is 0.188. The van der Waals surface area contributed by atoms with Crippen LogP contribution in [0, 0.1) is 5.82 Å². The molecular weight excluding hydrogens is 301 g/mol. The van der Waals surface area contributed by atoms with E-state index in [-0.39, 0.29) is 18.3 Å². The van der Waals surface area contributed by atoms with Gasteiger partial charge < -0.3 is 10.1 Å². The number of carbonyl (C=O) groups is 2. The highest BCUT2D eigenvalue weighted by atomic mass is 19.1. The van der Waals surface area contributed by atoms with Gasteiger partial charge in [0, 0.05) is 23.6 Å². The van der Waals surface area contributed by atoms with Crippen molar-refractivity contribution in [1.82, 2.24) is 10.3 Å². The van der Waals surface area contributed by atoms with E-state index in [4.69, 9.17) is 4.74 Å². The van der Waals surface area contributed by atoms with Crippen molar-refractivity contribution in [2.45, 2.75) is 6.10 Å². The molecule has 6 nitrogen and oxygen atoms in total. The second-order valence-electron chi connectivity index (χ2n) is 5.04. The Morgan fingerprint density at radius 1 is 1.26 bits per heavy atom. The molecule has 23 heavy (non-hydrogen) atoms. The number of nitrogens with zero attached hydrogens (tertiary/aromatic N) is 2. The first-order valence-corrected chi connectivity index (χ1v) is 7.05. The van der Waals surface area contributed by atoms with Gasteiger partial charge >= 0.3 is 6.09 Å². The first-order chi connectivity index (χ1) is 11.1. The third-order valence-electron chi connectivity index (χ3n) is 3.45. The summed E-state index contributed by atoms with van der Waals surface area (Å²) in [5, 5.41) is 2.71. The van der Waals surface area contributed by atoms with Crippen LogP contribution in [0.25, 0.3) is 0 Å². The molecule has 2 aromatic rings. The van der Waals surface area contributed by atoms with E-state index >= 15 is 0 Å². The Balaban J connectivity index is 1.58. The Bertz CT molecular complexity index is 706. The Kier molecular flexibility index (Phi) is 4.18. The van der Waals surface area contributed by atoms with Crippen LogP contribution in [-0.2, 0) is 4.74 Å². The highest BCUT2D eigenvalue weighted by Gasteiger charge is 2.32. The van der Waals surface area contributed by atoms with E-state index in [1.54, 1.807) is 12.1 Å². The molecule has 0 spiro atoms. The molecule has 7 heteroatoms. The van der Waals surface area contributed by atoms with Gasteiger partial charge in [-0.1, -0.05) is 0 Å². The van der Waals surface area contributed by atoms with E-state index in [1.165, 1.54) is 41.6 Å². The highest BCUT2D eigenvalue weighted by molar-refractivity contribution is 5.94. The van der Waals surface area contributed by atoms with E-state index in [2.05, 4.69) is 10.3 Å². The molecule has 1 N–H and O–H groups in total. The summed E-state index contributed by atoms with van der Waals surface area (Å²) in [6.07, 6.45) is 2.08. The molecule has 0 radical (unpaired) electrons. The molecule has 0 aliphatic carbocycles. The molecule has 1 aromatic carbocycles. The van der Waals surface area contributed by atoms with Crippen molar-refractivity contribution < 1.29 is 18.7 Å². The van der Waals surface area contributed by atoms with Gasteiger partial charge in [-0.3, -0.25) is 14.7 Å². The summed E-state index contributed by atoms with van der Waals surface area (Å²) < 4.78 is 18.1. The zero-order valence-corrected chi connectivity index (χ0v) is 12.1. The minimum atomic E-state index is -0.514. The number of rotatable bonds is 4. The summed E-state index contributed by atoms with van der Waals surface area (Å²) in [7, 11) is 0. The molecule has 1 fully saturated rings. The van der Waals surface area contributed by atoms with Crippen molar-refractivity contribution in [3.05, 3.63) is 60.2 Å². The number of aromatic nitrogens is 1. The number of nitrogens with one attached hydrogen (secondary N) is 1. The predicted molar refractivity (Wildman–Crippen MR) is 80.6 cm³/mol. The second-order valence-corrected chi connectivity index (χ2v) is 5.04. The smallest absolute Gasteiger partial charge is 0.414 e. The molecular formula is C16H14FN3O3. The molecule has 0 saturated carbocycles. The van der Waals surface area contributed by atoms with Gasteiger partial charge in [-0.15, -0.1) is 0 Å². The van der Waals surface area contributed by atoms with Gasteiger partial charge in [0.25, 0.3) is 5.91 Å². The lowest BCUT2D eigenvalue weighted by molar-refractivity contribution is 0.0916. The number of cyclic esters (lactones) is 1. The Hall–Kier alpha value is -2.96. The maximum Gasteiger partial charge on any atom is 0.414 e. The van der Waals surface area contributed by atoms with E-state index in [0.29, 0.717) is 17.8 Å². The van der Waals surface area contributed by atoms with Gasteiger partial charge in [0.15, 0.2) is 0 Å². The van der Waals surface area contributed by atoms with Crippen molar-refractivity contribution in [1.29, 1.82) is 0 Å². The van der Waals surface area contributed by atoms with Crippen LogP contribution < -0.4 is 10.2 Å². The maximum absolute atomic E-state index is 12.9. The normalized spacial score (nSPS) is 17.0. The lowest BCUT2D eigenvalue weighted by Gasteiger charge is -2.13. The van der Waals surface area contributed by atoms with Crippen LogP contribution in [0.4, 0.5) is 14.9 Å². The molecule has 1 atom stereocenters. The van der Waals surface area contributed by atoms with E-state index in [9.17, 15) is 14.0 Å². The molecule has 0 bridgehead atoms. The number of ether oxygens (including phenoxy) is 1. The highest BCUT2D eigenvalue weighted by Crippen LogP contribution is 2.21. The average Bonchev–Trinajstić information content (AvgIpc) is 2.95. The average molecular weight is 315 g/mol. The first-order valence-electron chi connectivity index (χ1n) is 7.05. The number of carbonyl (C=O) groups excluding carboxylic acids is 2.